The van der Waals surface area contributed by atoms with E-state index in [1.54, 1.807) is 36.4 Å². The standard InChI is InChI=1S/C19H14ClNO5/c1-26-15-7-6-11(20)9-13(15)21-18(23)16-12-5-3-2-4-10(12)8-14(22)17(16)19(24)25/h2-9,22H,1H3,(H,21,23)(H,24,25). The minimum atomic E-state index is -1.41. The normalized spacial score (nSPS) is 10.5. The molecule has 3 aromatic carbocycles. The van der Waals surface area contributed by atoms with E-state index in [4.69, 9.17) is 16.3 Å². The highest BCUT2D eigenvalue weighted by atomic mass is 35.5. The number of carboxylic acid groups (broad SMARTS) is 1. The largest absolute Gasteiger partial charge is 0.507 e. The Balaban J connectivity index is 2.18. The van der Waals surface area contributed by atoms with E-state index in [2.05, 4.69) is 5.32 Å². The molecule has 0 aliphatic rings. The van der Waals surface area contributed by atoms with Crippen molar-refractivity contribution in [2.75, 3.05) is 12.4 Å². The molecule has 3 rings (SSSR count). The number of amides is 1. The van der Waals surface area contributed by atoms with E-state index in [0.717, 1.165) is 0 Å². The molecule has 3 N–H and O–H groups in total. The van der Waals surface area contributed by atoms with Crippen molar-refractivity contribution in [3.05, 3.63) is 64.7 Å². The van der Waals surface area contributed by atoms with Crippen molar-refractivity contribution in [2.24, 2.45) is 0 Å². The minimum Gasteiger partial charge on any atom is -0.507 e. The molecule has 0 bridgehead atoms. The summed E-state index contributed by atoms with van der Waals surface area (Å²) in [5.41, 5.74) is -0.328. The molecule has 0 aliphatic heterocycles. The summed E-state index contributed by atoms with van der Waals surface area (Å²) in [6.07, 6.45) is 0. The van der Waals surface area contributed by atoms with Crippen molar-refractivity contribution in [3.63, 3.8) is 0 Å². The topological polar surface area (TPSA) is 95.9 Å². The highest BCUT2D eigenvalue weighted by Crippen LogP contribution is 2.33. The van der Waals surface area contributed by atoms with Crippen molar-refractivity contribution >= 4 is 39.9 Å². The maximum atomic E-state index is 12.9. The van der Waals surface area contributed by atoms with Crippen LogP contribution < -0.4 is 10.1 Å². The van der Waals surface area contributed by atoms with Gasteiger partial charge < -0.3 is 20.3 Å². The van der Waals surface area contributed by atoms with Gasteiger partial charge in [0.2, 0.25) is 0 Å². The molecule has 0 spiro atoms. The fourth-order valence-electron chi connectivity index (χ4n) is 2.75. The number of rotatable bonds is 4. The molecule has 1 amide bonds. The van der Waals surface area contributed by atoms with E-state index < -0.39 is 23.2 Å². The molecule has 3 aromatic rings. The summed E-state index contributed by atoms with van der Waals surface area (Å²) in [6, 6.07) is 12.7. The first-order valence-electron chi connectivity index (χ1n) is 7.55. The van der Waals surface area contributed by atoms with Crippen molar-refractivity contribution in [1.82, 2.24) is 0 Å². The Hall–Kier alpha value is -3.25. The van der Waals surface area contributed by atoms with Crippen LogP contribution in [0.4, 0.5) is 5.69 Å². The van der Waals surface area contributed by atoms with Gasteiger partial charge in [0.15, 0.2) is 0 Å². The fourth-order valence-corrected chi connectivity index (χ4v) is 2.92. The molecule has 0 aliphatic carbocycles. The van der Waals surface area contributed by atoms with Crippen LogP contribution in [0.15, 0.2) is 48.5 Å². The number of anilines is 1. The Kier molecular flexibility index (Phi) is 4.69. The number of benzene rings is 3. The van der Waals surface area contributed by atoms with E-state index in [0.29, 0.717) is 21.5 Å². The minimum absolute atomic E-state index is 0.143. The highest BCUT2D eigenvalue weighted by molar-refractivity contribution is 6.31. The van der Waals surface area contributed by atoms with Gasteiger partial charge in [0, 0.05) is 5.02 Å². The van der Waals surface area contributed by atoms with Crippen LogP contribution >= 0.6 is 11.6 Å². The van der Waals surface area contributed by atoms with Crippen LogP contribution in [0, 0.1) is 0 Å². The van der Waals surface area contributed by atoms with Crippen LogP contribution in [0.2, 0.25) is 5.02 Å². The van der Waals surface area contributed by atoms with Crippen molar-refractivity contribution in [1.29, 1.82) is 0 Å². The molecular weight excluding hydrogens is 358 g/mol. The van der Waals surface area contributed by atoms with Crippen LogP contribution in [-0.2, 0) is 0 Å². The first-order chi connectivity index (χ1) is 12.4. The molecule has 132 valence electrons. The van der Waals surface area contributed by atoms with E-state index in [-0.39, 0.29) is 11.3 Å². The second kappa shape index (κ2) is 6.93. The number of fused-ring (bicyclic) bond motifs is 1. The third kappa shape index (κ3) is 3.14. The van der Waals surface area contributed by atoms with Gasteiger partial charge in [-0.25, -0.2) is 4.79 Å². The summed E-state index contributed by atoms with van der Waals surface area (Å²) < 4.78 is 5.19. The molecule has 26 heavy (non-hydrogen) atoms. The van der Waals surface area contributed by atoms with Crippen LogP contribution in [0.1, 0.15) is 20.7 Å². The number of phenols is 1. The number of carbonyl (C=O) groups is 2. The number of hydrogen-bond acceptors (Lipinski definition) is 4. The lowest BCUT2D eigenvalue weighted by Crippen LogP contribution is -2.17. The SMILES string of the molecule is COc1ccc(Cl)cc1NC(=O)c1c(C(=O)O)c(O)cc2ccccc12. The van der Waals surface area contributed by atoms with E-state index in [1.165, 1.54) is 19.2 Å². The molecule has 6 nitrogen and oxygen atoms in total. The maximum absolute atomic E-state index is 12.9. The second-order valence-electron chi connectivity index (χ2n) is 5.47. The zero-order valence-electron chi connectivity index (χ0n) is 13.6. The van der Waals surface area contributed by atoms with Gasteiger partial charge in [0.1, 0.15) is 17.1 Å². The van der Waals surface area contributed by atoms with Crippen molar-refractivity contribution in [2.45, 2.75) is 0 Å². The third-order valence-corrected chi connectivity index (χ3v) is 4.11. The highest BCUT2D eigenvalue weighted by Gasteiger charge is 2.24. The average Bonchev–Trinajstić information content (AvgIpc) is 2.60. The van der Waals surface area contributed by atoms with E-state index in [1.807, 2.05) is 0 Å². The Bertz CT molecular complexity index is 1030. The van der Waals surface area contributed by atoms with Crippen molar-refractivity contribution in [3.8, 4) is 11.5 Å². The van der Waals surface area contributed by atoms with Gasteiger partial charge in [-0.1, -0.05) is 35.9 Å². The maximum Gasteiger partial charge on any atom is 0.340 e. The third-order valence-electron chi connectivity index (χ3n) is 3.88. The lowest BCUT2D eigenvalue weighted by molar-refractivity contribution is 0.0689. The number of hydrogen-bond donors (Lipinski definition) is 3. The van der Waals surface area contributed by atoms with Gasteiger partial charge in [0.05, 0.1) is 18.4 Å². The molecule has 0 saturated carbocycles. The molecule has 0 atom stereocenters. The smallest absolute Gasteiger partial charge is 0.340 e. The number of aromatic hydroxyl groups is 1. The Morgan fingerprint density at radius 1 is 1.08 bits per heavy atom. The molecule has 0 saturated heterocycles. The summed E-state index contributed by atoms with van der Waals surface area (Å²) in [5.74, 6) is -2.23. The molecule has 0 unspecified atom stereocenters. The predicted octanol–water partition coefficient (Wildman–Crippen LogP) is 4.16. The molecule has 7 heteroatoms. The summed E-state index contributed by atoms with van der Waals surface area (Å²) >= 11 is 5.96. The first kappa shape index (κ1) is 17.6. The molecule has 0 heterocycles. The number of aromatic carboxylic acids is 1. The first-order valence-corrected chi connectivity index (χ1v) is 7.93. The summed E-state index contributed by atoms with van der Waals surface area (Å²) in [7, 11) is 1.44. The van der Waals surface area contributed by atoms with Crippen LogP contribution in [0.25, 0.3) is 10.8 Å². The number of halogens is 1. The summed E-state index contributed by atoms with van der Waals surface area (Å²) in [5, 5.41) is 23.5. The van der Waals surface area contributed by atoms with Gasteiger partial charge in [-0.15, -0.1) is 0 Å². The Morgan fingerprint density at radius 3 is 2.50 bits per heavy atom. The monoisotopic (exact) mass is 371 g/mol. The number of carboxylic acids is 1. The Morgan fingerprint density at radius 2 is 1.81 bits per heavy atom. The van der Waals surface area contributed by atoms with Gasteiger partial charge in [-0.05, 0) is 35.0 Å². The van der Waals surface area contributed by atoms with Crippen LogP contribution in [-0.4, -0.2) is 29.2 Å². The lowest BCUT2D eigenvalue weighted by Gasteiger charge is -2.14. The number of carbonyl (C=O) groups excluding carboxylic acids is 1. The van der Waals surface area contributed by atoms with Gasteiger partial charge in [0.25, 0.3) is 5.91 Å². The zero-order chi connectivity index (χ0) is 18.8. The van der Waals surface area contributed by atoms with Crippen LogP contribution in [0.3, 0.4) is 0 Å². The molecule has 0 radical (unpaired) electrons. The number of ether oxygens (including phenoxy) is 1. The van der Waals surface area contributed by atoms with Gasteiger partial charge in [-0.2, -0.15) is 0 Å². The second-order valence-corrected chi connectivity index (χ2v) is 5.91. The summed E-state index contributed by atoms with van der Waals surface area (Å²) in [6.45, 7) is 0. The van der Waals surface area contributed by atoms with Gasteiger partial charge in [-0.3, -0.25) is 4.79 Å². The Labute approximate surface area is 153 Å². The van der Waals surface area contributed by atoms with E-state index >= 15 is 0 Å². The van der Waals surface area contributed by atoms with E-state index in [9.17, 15) is 19.8 Å². The predicted molar refractivity (Wildman–Crippen MR) is 98.5 cm³/mol. The lowest BCUT2D eigenvalue weighted by atomic mass is 9.97. The fraction of sp³-hybridized carbons (Fsp3) is 0.0526. The number of methoxy groups -OCH3 is 1. The average molecular weight is 372 g/mol. The zero-order valence-corrected chi connectivity index (χ0v) is 14.4. The van der Waals surface area contributed by atoms with Crippen LogP contribution in [0.5, 0.6) is 11.5 Å². The molecule has 0 aromatic heterocycles. The van der Waals surface area contributed by atoms with Gasteiger partial charge >= 0.3 is 5.97 Å². The number of nitrogens with one attached hydrogen (secondary N) is 1. The quantitative estimate of drug-likeness (QED) is 0.640. The molecular formula is C19H14ClNO5. The summed E-state index contributed by atoms with van der Waals surface area (Å²) in [4.78, 5) is 24.5. The van der Waals surface area contributed by atoms with Crippen molar-refractivity contribution < 1.29 is 24.5 Å². The molecule has 0 fully saturated rings.